The first-order valence-electron chi connectivity index (χ1n) is 7.02. The van der Waals surface area contributed by atoms with Gasteiger partial charge < -0.3 is 10.6 Å². The molecule has 2 aromatic rings. The first-order chi connectivity index (χ1) is 11.2. The summed E-state index contributed by atoms with van der Waals surface area (Å²) >= 11 is 1.39. The van der Waals surface area contributed by atoms with Gasteiger partial charge in [-0.1, -0.05) is 18.2 Å². The van der Waals surface area contributed by atoms with Crippen LogP contribution in [0, 0.1) is 11.3 Å². The van der Waals surface area contributed by atoms with Crippen LogP contribution in [0.25, 0.3) is 0 Å². The van der Waals surface area contributed by atoms with E-state index in [1.54, 1.807) is 24.3 Å². The number of hydrogen-bond acceptors (Lipinski definition) is 4. The highest BCUT2D eigenvalue weighted by molar-refractivity contribution is 8.01. The molecular weight excluding hydrogens is 310 g/mol. The molecule has 0 aromatic heterocycles. The molecule has 23 heavy (non-hydrogen) atoms. The smallest absolute Gasteiger partial charge is 0.238 e. The molecule has 114 valence electrons. The highest BCUT2D eigenvalue weighted by atomic mass is 32.2. The summed E-state index contributed by atoms with van der Waals surface area (Å²) in [5.74, 6) is -0.429. The zero-order chi connectivity index (χ0) is 16.2. The van der Waals surface area contributed by atoms with E-state index < -0.39 is 5.25 Å². The molecule has 0 aliphatic carbocycles. The van der Waals surface area contributed by atoms with E-state index in [1.807, 2.05) is 30.3 Å². The predicted octanol–water partition coefficient (Wildman–Crippen LogP) is 3.00. The molecule has 0 bridgehead atoms. The summed E-state index contributed by atoms with van der Waals surface area (Å²) in [4.78, 5) is 25.2. The Hall–Kier alpha value is -2.78. The molecule has 3 rings (SSSR count). The molecule has 1 unspecified atom stereocenters. The van der Waals surface area contributed by atoms with E-state index >= 15 is 0 Å². The van der Waals surface area contributed by atoms with Crippen LogP contribution in [-0.2, 0) is 9.59 Å². The Balaban J connectivity index is 1.66. The predicted molar refractivity (Wildman–Crippen MR) is 89.1 cm³/mol. The lowest BCUT2D eigenvalue weighted by Crippen LogP contribution is -2.32. The minimum absolute atomic E-state index is 0.0710. The van der Waals surface area contributed by atoms with Crippen LogP contribution >= 0.6 is 11.8 Å². The third-order valence-electron chi connectivity index (χ3n) is 3.35. The molecule has 2 amide bonds. The topological polar surface area (TPSA) is 82.0 Å². The number of carbonyl (C=O) groups excluding carboxylic acids is 2. The minimum atomic E-state index is -0.468. The van der Waals surface area contributed by atoms with Gasteiger partial charge in [0.1, 0.15) is 0 Å². The van der Waals surface area contributed by atoms with Gasteiger partial charge in [0.05, 0.1) is 22.6 Å². The monoisotopic (exact) mass is 323 g/mol. The van der Waals surface area contributed by atoms with Crippen LogP contribution in [0.4, 0.5) is 11.4 Å². The molecule has 1 aliphatic heterocycles. The Morgan fingerprint density at radius 2 is 2.09 bits per heavy atom. The molecule has 2 aromatic carbocycles. The average Bonchev–Trinajstić information content (AvgIpc) is 2.55. The summed E-state index contributed by atoms with van der Waals surface area (Å²) in [5.41, 5.74) is 1.80. The van der Waals surface area contributed by atoms with Crippen molar-refractivity contribution in [3.63, 3.8) is 0 Å². The molecular formula is C17H13N3O2S. The summed E-state index contributed by atoms with van der Waals surface area (Å²) in [6.45, 7) is 0. The summed E-state index contributed by atoms with van der Waals surface area (Å²) in [6.07, 6.45) is 0.0710. The molecule has 0 fully saturated rings. The molecule has 1 atom stereocenters. The molecule has 5 nitrogen and oxygen atoms in total. The fourth-order valence-electron chi connectivity index (χ4n) is 2.27. The van der Waals surface area contributed by atoms with Crippen molar-refractivity contribution in [1.29, 1.82) is 5.26 Å². The van der Waals surface area contributed by atoms with Gasteiger partial charge in [0.15, 0.2) is 0 Å². The highest BCUT2D eigenvalue weighted by Gasteiger charge is 2.28. The van der Waals surface area contributed by atoms with Crippen molar-refractivity contribution in [2.45, 2.75) is 16.6 Å². The van der Waals surface area contributed by atoms with Gasteiger partial charge in [-0.05, 0) is 30.3 Å². The van der Waals surface area contributed by atoms with E-state index in [0.29, 0.717) is 11.3 Å². The molecule has 1 aliphatic rings. The molecule has 0 saturated carbocycles. The maximum Gasteiger partial charge on any atom is 0.238 e. The standard InChI is InChI=1S/C17H13N3O2S/c18-10-11-4-3-5-12(8-11)19-16(21)9-15-17(22)20-13-6-1-2-7-14(13)23-15/h1-8,15H,9H2,(H,19,21)(H,20,22). The molecule has 2 N–H and O–H groups in total. The van der Waals surface area contributed by atoms with Crippen LogP contribution in [0.3, 0.4) is 0 Å². The van der Waals surface area contributed by atoms with Gasteiger partial charge in [-0.15, -0.1) is 11.8 Å². The number of thioether (sulfide) groups is 1. The summed E-state index contributed by atoms with van der Waals surface area (Å²) < 4.78 is 0. The number of rotatable bonds is 3. The first-order valence-corrected chi connectivity index (χ1v) is 7.90. The van der Waals surface area contributed by atoms with Gasteiger partial charge in [-0.25, -0.2) is 0 Å². The number of nitrogens with zero attached hydrogens (tertiary/aromatic N) is 1. The fraction of sp³-hybridized carbons (Fsp3) is 0.118. The van der Waals surface area contributed by atoms with Crippen LogP contribution in [0.5, 0.6) is 0 Å². The number of hydrogen-bond donors (Lipinski definition) is 2. The lowest BCUT2D eigenvalue weighted by atomic mass is 10.2. The van der Waals surface area contributed by atoms with E-state index in [9.17, 15) is 9.59 Å². The van der Waals surface area contributed by atoms with E-state index in [1.165, 1.54) is 11.8 Å². The van der Waals surface area contributed by atoms with Crippen LogP contribution in [0.15, 0.2) is 53.4 Å². The number of nitriles is 1. The van der Waals surface area contributed by atoms with Crippen molar-refractivity contribution in [3.8, 4) is 6.07 Å². The van der Waals surface area contributed by atoms with Gasteiger partial charge in [0.25, 0.3) is 0 Å². The number of amides is 2. The minimum Gasteiger partial charge on any atom is -0.326 e. The highest BCUT2D eigenvalue weighted by Crippen LogP contribution is 2.36. The number of nitrogens with one attached hydrogen (secondary N) is 2. The van der Waals surface area contributed by atoms with Crippen molar-refractivity contribution in [3.05, 3.63) is 54.1 Å². The van der Waals surface area contributed by atoms with Crippen molar-refractivity contribution in [1.82, 2.24) is 0 Å². The van der Waals surface area contributed by atoms with Gasteiger partial charge >= 0.3 is 0 Å². The lowest BCUT2D eigenvalue weighted by Gasteiger charge is -2.23. The summed E-state index contributed by atoms with van der Waals surface area (Å²) in [6, 6.07) is 16.2. The maximum absolute atomic E-state index is 12.2. The third kappa shape index (κ3) is 3.52. The summed E-state index contributed by atoms with van der Waals surface area (Å²) in [7, 11) is 0. The van der Waals surface area contributed by atoms with Crippen LogP contribution in [-0.4, -0.2) is 17.1 Å². The summed E-state index contributed by atoms with van der Waals surface area (Å²) in [5, 5.41) is 13.9. The lowest BCUT2D eigenvalue weighted by molar-refractivity contribution is -0.120. The van der Waals surface area contributed by atoms with Gasteiger partial charge in [0, 0.05) is 17.0 Å². The van der Waals surface area contributed by atoms with Crippen molar-refractivity contribution < 1.29 is 9.59 Å². The SMILES string of the molecule is N#Cc1cccc(NC(=O)CC2Sc3ccccc3NC2=O)c1. The van der Waals surface area contributed by atoms with E-state index in [2.05, 4.69) is 10.6 Å². The normalized spacial score (nSPS) is 16.0. The molecule has 0 saturated heterocycles. The number of fused-ring (bicyclic) bond motifs is 1. The number of benzene rings is 2. The Kier molecular flexibility index (Phi) is 4.31. The molecule has 1 heterocycles. The second-order valence-corrected chi connectivity index (χ2v) is 6.28. The van der Waals surface area contributed by atoms with Crippen molar-refractivity contribution in [2.24, 2.45) is 0 Å². The van der Waals surface area contributed by atoms with Crippen molar-refractivity contribution >= 4 is 35.0 Å². The zero-order valence-corrected chi connectivity index (χ0v) is 12.9. The van der Waals surface area contributed by atoms with Crippen LogP contribution in [0.1, 0.15) is 12.0 Å². The molecule has 0 radical (unpaired) electrons. The van der Waals surface area contributed by atoms with Crippen LogP contribution in [0.2, 0.25) is 0 Å². The quantitative estimate of drug-likeness (QED) is 0.909. The number of carbonyl (C=O) groups is 2. The second kappa shape index (κ2) is 6.55. The Bertz CT molecular complexity index is 813. The number of anilines is 2. The van der Waals surface area contributed by atoms with Crippen LogP contribution < -0.4 is 10.6 Å². The van der Waals surface area contributed by atoms with Gasteiger partial charge in [0.2, 0.25) is 11.8 Å². The second-order valence-electron chi connectivity index (χ2n) is 5.04. The maximum atomic E-state index is 12.2. The van der Waals surface area contributed by atoms with E-state index in [0.717, 1.165) is 10.6 Å². The van der Waals surface area contributed by atoms with Gasteiger partial charge in [-0.3, -0.25) is 9.59 Å². The van der Waals surface area contributed by atoms with E-state index in [4.69, 9.17) is 5.26 Å². The van der Waals surface area contributed by atoms with Crippen molar-refractivity contribution in [2.75, 3.05) is 10.6 Å². The first kappa shape index (κ1) is 15.1. The molecule has 6 heteroatoms. The van der Waals surface area contributed by atoms with E-state index in [-0.39, 0.29) is 18.2 Å². The Morgan fingerprint density at radius 1 is 1.26 bits per heavy atom. The molecule has 0 spiro atoms. The Labute approximate surface area is 137 Å². The zero-order valence-electron chi connectivity index (χ0n) is 12.1. The largest absolute Gasteiger partial charge is 0.326 e. The average molecular weight is 323 g/mol. The number of para-hydroxylation sites is 1. The fourth-order valence-corrected chi connectivity index (χ4v) is 3.38. The van der Waals surface area contributed by atoms with Gasteiger partial charge in [-0.2, -0.15) is 5.26 Å². The third-order valence-corrected chi connectivity index (χ3v) is 4.63. The Morgan fingerprint density at radius 3 is 2.91 bits per heavy atom.